The van der Waals surface area contributed by atoms with Crippen LogP contribution in [0.2, 0.25) is 0 Å². The van der Waals surface area contributed by atoms with E-state index in [0.717, 1.165) is 0 Å². The Morgan fingerprint density at radius 3 is 2.44 bits per heavy atom. The highest BCUT2D eigenvalue weighted by molar-refractivity contribution is 6.03. The number of amides is 2. The van der Waals surface area contributed by atoms with Gasteiger partial charge in [0.25, 0.3) is 5.91 Å². The summed E-state index contributed by atoms with van der Waals surface area (Å²) in [4.78, 5) is 25.3. The highest BCUT2D eigenvalue weighted by Crippen LogP contribution is 2.30. The average molecular weight is 247 g/mol. The molecule has 0 spiro atoms. The SMILES string of the molecule is CC(C)(C)[C@H]1COC(=O)N1C(=O)c1ccccc1. The van der Waals surface area contributed by atoms with Crippen molar-refractivity contribution in [1.82, 2.24) is 4.90 Å². The van der Waals surface area contributed by atoms with Crippen molar-refractivity contribution in [3.8, 4) is 0 Å². The number of nitrogens with zero attached hydrogens (tertiary/aromatic N) is 1. The summed E-state index contributed by atoms with van der Waals surface area (Å²) in [7, 11) is 0. The van der Waals surface area contributed by atoms with Gasteiger partial charge < -0.3 is 4.74 Å². The molecule has 0 bridgehead atoms. The molecule has 1 atom stereocenters. The first kappa shape index (κ1) is 12.6. The summed E-state index contributed by atoms with van der Waals surface area (Å²) >= 11 is 0. The van der Waals surface area contributed by atoms with Crippen LogP contribution in [0, 0.1) is 5.41 Å². The number of benzene rings is 1. The van der Waals surface area contributed by atoms with Gasteiger partial charge >= 0.3 is 6.09 Å². The van der Waals surface area contributed by atoms with Gasteiger partial charge in [0.1, 0.15) is 6.61 Å². The fraction of sp³-hybridized carbons (Fsp3) is 0.429. The molecule has 1 aliphatic heterocycles. The third kappa shape index (κ3) is 2.23. The number of imide groups is 1. The van der Waals surface area contributed by atoms with E-state index < -0.39 is 6.09 Å². The summed E-state index contributed by atoms with van der Waals surface area (Å²) in [5.74, 6) is -0.293. The van der Waals surface area contributed by atoms with E-state index in [4.69, 9.17) is 4.74 Å². The first-order valence-electron chi connectivity index (χ1n) is 5.96. The van der Waals surface area contributed by atoms with Gasteiger partial charge in [-0.25, -0.2) is 9.69 Å². The maximum atomic E-state index is 12.3. The molecule has 1 heterocycles. The van der Waals surface area contributed by atoms with Crippen LogP contribution >= 0.6 is 0 Å². The van der Waals surface area contributed by atoms with Gasteiger partial charge in [-0.1, -0.05) is 39.0 Å². The van der Waals surface area contributed by atoms with E-state index in [9.17, 15) is 9.59 Å². The maximum Gasteiger partial charge on any atom is 0.417 e. The first-order chi connectivity index (χ1) is 8.41. The molecule has 0 radical (unpaired) electrons. The van der Waals surface area contributed by atoms with Crippen LogP contribution in [0.4, 0.5) is 4.79 Å². The van der Waals surface area contributed by atoms with Gasteiger partial charge in [-0.05, 0) is 17.5 Å². The van der Waals surface area contributed by atoms with E-state index in [1.54, 1.807) is 24.3 Å². The lowest BCUT2D eigenvalue weighted by Gasteiger charge is -2.30. The summed E-state index contributed by atoms with van der Waals surface area (Å²) in [6.07, 6.45) is -0.552. The second kappa shape index (κ2) is 4.44. The van der Waals surface area contributed by atoms with Gasteiger partial charge in [0.15, 0.2) is 0 Å². The summed E-state index contributed by atoms with van der Waals surface area (Å²) in [6.45, 7) is 6.24. The van der Waals surface area contributed by atoms with E-state index in [1.165, 1.54) is 4.90 Å². The number of carbonyl (C=O) groups is 2. The summed E-state index contributed by atoms with van der Waals surface area (Å²) < 4.78 is 5.01. The molecular weight excluding hydrogens is 230 g/mol. The van der Waals surface area contributed by atoms with Gasteiger partial charge in [0, 0.05) is 5.56 Å². The van der Waals surface area contributed by atoms with Gasteiger partial charge in [-0.15, -0.1) is 0 Å². The lowest BCUT2D eigenvalue weighted by atomic mass is 9.86. The van der Waals surface area contributed by atoms with Crippen LogP contribution in [0.3, 0.4) is 0 Å². The molecule has 0 N–H and O–H groups in total. The molecule has 2 amide bonds. The van der Waals surface area contributed by atoms with Crippen molar-refractivity contribution >= 4 is 12.0 Å². The molecule has 96 valence electrons. The van der Waals surface area contributed by atoms with Crippen LogP contribution in [0.25, 0.3) is 0 Å². The van der Waals surface area contributed by atoms with Gasteiger partial charge in [-0.2, -0.15) is 0 Å². The average Bonchev–Trinajstić information content (AvgIpc) is 2.71. The van der Waals surface area contributed by atoms with Crippen LogP contribution in [-0.4, -0.2) is 29.5 Å². The van der Waals surface area contributed by atoms with Gasteiger partial charge in [0.2, 0.25) is 0 Å². The second-order valence-electron chi connectivity index (χ2n) is 5.50. The van der Waals surface area contributed by atoms with E-state index in [-0.39, 0.29) is 24.0 Å². The van der Waals surface area contributed by atoms with Crippen molar-refractivity contribution < 1.29 is 14.3 Å². The van der Waals surface area contributed by atoms with Crippen molar-refractivity contribution in [3.05, 3.63) is 35.9 Å². The van der Waals surface area contributed by atoms with E-state index in [1.807, 2.05) is 26.8 Å². The minimum Gasteiger partial charge on any atom is -0.447 e. The van der Waals surface area contributed by atoms with E-state index in [2.05, 4.69) is 0 Å². The maximum absolute atomic E-state index is 12.3. The largest absolute Gasteiger partial charge is 0.447 e. The minimum absolute atomic E-state index is 0.198. The summed E-state index contributed by atoms with van der Waals surface area (Å²) in [6, 6.07) is 8.57. The molecule has 18 heavy (non-hydrogen) atoms. The molecule has 1 aliphatic rings. The fourth-order valence-electron chi connectivity index (χ4n) is 2.00. The number of cyclic esters (lactones) is 1. The van der Waals surface area contributed by atoms with E-state index >= 15 is 0 Å². The molecule has 2 rings (SSSR count). The van der Waals surface area contributed by atoms with Crippen LogP contribution in [-0.2, 0) is 4.74 Å². The summed E-state index contributed by atoms with van der Waals surface area (Å²) in [5, 5.41) is 0. The van der Waals surface area contributed by atoms with Crippen LogP contribution in [0.15, 0.2) is 30.3 Å². The van der Waals surface area contributed by atoms with Crippen molar-refractivity contribution in [2.75, 3.05) is 6.61 Å². The quantitative estimate of drug-likeness (QED) is 0.766. The van der Waals surface area contributed by atoms with Crippen LogP contribution < -0.4 is 0 Å². The number of carbonyl (C=O) groups excluding carboxylic acids is 2. The Kier molecular flexibility index (Phi) is 3.11. The summed E-state index contributed by atoms with van der Waals surface area (Å²) in [5.41, 5.74) is 0.307. The molecule has 0 saturated carbocycles. The molecule has 0 aliphatic carbocycles. The third-order valence-corrected chi connectivity index (χ3v) is 3.11. The van der Waals surface area contributed by atoms with Crippen LogP contribution in [0.5, 0.6) is 0 Å². The molecule has 4 nitrogen and oxygen atoms in total. The smallest absolute Gasteiger partial charge is 0.417 e. The molecule has 1 saturated heterocycles. The van der Waals surface area contributed by atoms with Crippen molar-refractivity contribution in [3.63, 3.8) is 0 Å². The highest BCUT2D eigenvalue weighted by atomic mass is 16.6. The zero-order valence-corrected chi connectivity index (χ0v) is 10.8. The lowest BCUT2D eigenvalue weighted by Crippen LogP contribution is -2.45. The fourth-order valence-corrected chi connectivity index (χ4v) is 2.00. The number of rotatable bonds is 1. The number of hydrogen-bond donors (Lipinski definition) is 0. The standard InChI is InChI=1S/C14H17NO3/c1-14(2,3)11-9-18-13(17)15(11)12(16)10-7-5-4-6-8-10/h4-8,11H,9H2,1-3H3/t11-/m1/s1. The first-order valence-corrected chi connectivity index (χ1v) is 5.96. The Morgan fingerprint density at radius 2 is 1.89 bits per heavy atom. The predicted molar refractivity (Wildman–Crippen MR) is 67.2 cm³/mol. The molecule has 4 heteroatoms. The van der Waals surface area contributed by atoms with Crippen molar-refractivity contribution in [2.24, 2.45) is 5.41 Å². The Morgan fingerprint density at radius 1 is 1.28 bits per heavy atom. The Balaban J connectivity index is 2.30. The number of hydrogen-bond acceptors (Lipinski definition) is 3. The molecular formula is C14H17NO3. The monoisotopic (exact) mass is 247 g/mol. The third-order valence-electron chi connectivity index (χ3n) is 3.11. The van der Waals surface area contributed by atoms with Gasteiger partial charge in [-0.3, -0.25) is 4.79 Å². The zero-order chi connectivity index (χ0) is 13.3. The molecule has 0 unspecified atom stereocenters. The molecule has 1 aromatic rings. The highest BCUT2D eigenvalue weighted by Gasteiger charge is 2.44. The predicted octanol–water partition coefficient (Wildman–Crippen LogP) is 2.69. The lowest BCUT2D eigenvalue weighted by molar-refractivity contribution is 0.0700. The van der Waals surface area contributed by atoms with Gasteiger partial charge in [0.05, 0.1) is 6.04 Å². The van der Waals surface area contributed by atoms with E-state index in [0.29, 0.717) is 5.56 Å². The second-order valence-corrected chi connectivity index (χ2v) is 5.50. The number of ether oxygens (including phenoxy) is 1. The molecule has 0 aromatic heterocycles. The Labute approximate surface area is 107 Å². The normalized spacial score (nSPS) is 19.8. The molecule has 1 aromatic carbocycles. The Bertz CT molecular complexity index is 462. The van der Waals surface area contributed by atoms with Crippen molar-refractivity contribution in [1.29, 1.82) is 0 Å². The minimum atomic E-state index is -0.552. The Hall–Kier alpha value is -1.84. The topological polar surface area (TPSA) is 46.6 Å². The van der Waals surface area contributed by atoms with Crippen molar-refractivity contribution in [2.45, 2.75) is 26.8 Å². The zero-order valence-electron chi connectivity index (χ0n) is 10.8. The van der Waals surface area contributed by atoms with Crippen LogP contribution in [0.1, 0.15) is 31.1 Å². The molecule has 1 fully saturated rings.